The molecule has 5 aliphatic carbocycles. The number of carbonyl (C=O) groups excluding carboxylic acids is 1. The van der Waals surface area contributed by atoms with E-state index in [9.17, 15) is 24.6 Å². The largest absolute Gasteiger partial charge is 0.481 e. The number of hydrogen-bond donors (Lipinski definition) is 2. The summed E-state index contributed by atoms with van der Waals surface area (Å²) in [6.45, 7) is 12.7. The van der Waals surface area contributed by atoms with Gasteiger partial charge in [-0.1, -0.05) is 51.5 Å². The zero-order chi connectivity index (χ0) is 32.8. The van der Waals surface area contributed by atoms with Gasteiger partial charge in [0.2, 0.25) is 0 Å². The predicted molar refractivity (Wildman–Crippen MR) is 174 cm³/mol. The summed E-state index contributed by atoms with van der Waals surface area (Å²) < 4.78 is 11.9. The van der Waals surface area contributed by atoms with Gasteiger partial charge in [-0.2, -0.15) is 0 Å². The van der Waals surface area contributed by atoms with Gasteiger partial charge in [-0.05, 0) is 123 Å². The number of benzene rings is 1. The van der Waals surface area contributed by atoms with Gasteiger partial charge in [-0.15, -0.1) is 0 Å². The highest BCUT2D eigenvalue weighted by Gasteiger charge is 2.72. The van der Waals surface area contributed by atoms with Crippen LogP contribution < -0.4 is 4.74 Å². The molecule has 244 valence electrons. The van der Waals surface area contributed by atoms with Crippen molar-refractivity contribution in [2.75, 3.05) is 0 Å². The van der Waals surface area contributed by atoms with Crippen molar-refractivity contribution in [2.45, 2.75) is 105 Å². The molecular formula is C37H48O7S. The molecule has 2 N–H and O–H groups in total. The quantitative estimate of drug-likeness (QED) is 0.322. The average molecular weight is 637 g/mol. The maximum atomic E-state index is 14.6. The molecule has 0 unspecified atom stereocenters. The van der Waals surface area contributed by atoms with E-state index < -0.39 is 34.3 Å². The molecule has 0 amide bonds. The summed E-state index contributed by atoms with van der Waals surface area (Å²) >= 11 is 5.44. The number of para-hydroxylation sites is 1. The second kappa shape index (κ2) is 10.4. The SMILES string of the molecule is C[C@]1(C(=O)O)CC[C@]2(C)CC[C@]3(C)C(=CC(=O)[C@@H]4[C@@]5(C)CC[C@H](OC(=S)Oc6ccccc6)[C@@](C)(C(=O)O)[C@@H]5CC[C@]43C)[C@@H]2C1. The molecular weight excluding hydrogens is 588 g/mol. The standard InChI is InChI=1S/C37H48O7S/c1-32-16-17-33(2,29(39)40)21-24(32)23-20-25(38)28-34(3)14-13-27(44-31(45)43-22-10-8-7-9-11-22)37(6,30(41)42)26(34)12-15-36(28,5)35(23,4)19-18-32/h7-11,20,24,26-28H,12-19,21H2,1-6H3,(H,39,40)(H,41,42)/t24-,26+,27-,28+,32+,33-,34-,35+,36+,37-/m0/s1. The molecule has 4 saturated carbocycles. The van der Waals surface area contributed by atoms with Crippen molar-refractivity contribution in [3.63, 3.8) is 0 Å². The summed E-state index contributed by atoms with van der Waals surface area (Å²) in [6, 6.07) is 9.07. The van der Waals surface area contributed by atoms with Crippen LogP contribution in [0.15, 0.2) is 42.0 Å². The smallest absolute Gasteiger partial charge is 0.358 e. The van der Waals surface area contributed by atoms with Gasteiger partial charge < -0.3 is 19.7 Å². The molecule has 7 nitrogen and oxygen atoms in total. The van der Waals surface area contributed by atoms with E-state index in [0.717, 1.165) is 31.3 Å². The summed E-state index contributed by atoms with van der Waals surface area (Å²) in [7, 11) is 0. The Bertz CT molecular complexity index is 1470. The molecule has 8 heteroatoms. The fourth-order valence-corrected chi connectivity index (χ4v) is 11.4. The summed E-state index contributed by atoms with van der Waals surface area (Å²) in [6.07, 6.45) is 7.67. The van der Waals surface area contributed by atoms with Crippen LogP contribution in [-0.2, 0) is 19.1 Å². The first-order chi connectivity index (χ1) is 20.9. The van der Waals surface area contributed by atoms with E-state index in [1.807, 2.05) is 31.2 Å². The summed E-state index contributed by atoms with van der Waals surface area (Å²) in [5, 5.41) is 20.9. The first-order valence-electron chi connectivity index (χ1n) is 16.6. The van der Waals surface area contributed by atoms with E-state index in [-0.39, 0.29) is 45.0 Å². The van der Waals surface area contributed by atoms with Crippen LogP contribution in [0.25, 0.3) is 0 Å². The molecule has 1 aromatic rings. The third-order valence-corrected chi connectivity index (χ3v) is 14.5. The Kier molecular flexibility index (Phi) is 7.43. The van der Waals surface area contributed by atoms with Crippen molar-refractivity contribution in [1.82, 2.24) is 0 Å². The van der Waals surface area contributed by atoms with Crippen LogP contribution in [0.4, 0.5) is 0 Å². The Morgan fingerprint density at radius 1 is 0.867 bits per heavy atom. The number of ketones is 1. The number of aliphatic carboxylic acids is 2. The summed E-state index contributed by atoms with van der Waals surface area (Å²) in [5.41, 5.74) is -2.18. The summed E-state index contributed by atoms with van der Waals surface area (Å²) in [4.78, 5) is 40.2. The molecule has 0 aliphatic heterocycles. The molecule has 45 heavy (non-hydrogen) atoms. The maximum Gasteiger partial charge on any atom is 0.358 e. The van der Waals surface area contributed by atoms with Gasteiger partial charge in [0, 0.05) is 18.1 Å². The lowest BCUT2D eigenvalue weighted by atomic mass is 9.33. The fraction of sp³-hybridized carbons (Fsp3) is 0.676. The first kappa shape index (κ1) is 32.2. The van der Waals surface area contributed by atoms with Gasteiger partial charge in [-0.3, -0.25) is 14.4 Å². The molecule has 10 atom stereocenters. The highest BCUT2D eigenvalue weighted by molar-refractivity contribution is 7.79. The van der Waals surface area contributed by atoms with Crippen molar-refractivity contribution >= 4 is 35.2 Å². The molecule has 4 fully saturated rings. The van der Waals surface area contributed by atoms with Gasteiger partial charge in [0.05, 0.1) is 5.41 Å². The third-order valence-electron chi connectivity index (χ3n) is 14.3. The van der Waals surface area contributed by atoms with Crippen LogP contribution in [0.5, 0.6) is 5.75 Å². The monoisotopic (exact) mass is 636 g/mol. The number of carboxylic acid groups (broad SMARTS) is 2. The molecule has 0 bridgehead atoms. The van der Waals surface area contributed by atoms with Crippen molar-refractivity contribution < 1.29 is 34.1 Å². The van der Waals surface area contributed by atoms with Crippen LogP contribution in [-0.4, -0.2) is 39.3 Å². The lowest BCUT2D eigenvalue weighted by molar-refractivity contribution is -0.214. The molecule has 0 spiro atoms. The number of fused-ring (bicyclic) bond motifs is 7. The van der Waals surface area contributed by atoms with E-state index in [4.69, 9.17) is 21.7 Å². The fourth-order valence-electron chi connectivity index (χ4n) is 11.2. The van der Waals surface area contributed by atoms with Crippen molar-refractivity contribution in [1.29, 1.82) is 0 Å². The van der Waals surface area contributed by atoms with Crippen molar-refractivity contribution in [3.05, 3.63) is 42.0 Å². The van der Waals surface area contributed by atoms with E-state index in [1.54, 1.807) is 19.1 Å². The van der Waals surface area contributed by atoms with Gasteiger partial charge in [0.1, 0.15) is 17.3 Å². The van der Waals surface area contributed by atoms with E-state index >= 15 is 0 Å². The minimum Gasteiger partial charge on any atom is -0.481 e. The van der Waals surface area contributed by atoms with Crippen LogP contribution in [0.1, 0.15) is 99.3 Å². The topological polar surface area (TPSA) is 110 Å². The number of allylic oxidation sites excluding steroid dienone is 2. The first-order valence-corrected chi connectivity index (χ1v) is 17.0. The van der Waals surface area contributed by atoms with E-state index in [1.165, 1.54) is 0 Å². The number of ether oxygens (including phenoxy) is 2. The number of carboxylic acids is 2. The lowest BCUT2D eigenvalue weighted by Gasteiger charge is -2.70. The number of hydrogen-bond acceptors (Lipinski definition) is 6. The van der Waals surface area contributed by atoms with Gasteiger partial charge in [0.15, 0.2) is 5.78 Å². The van der Waals surface area contributed by atoms with Crippen LogP contribution in [0.2, 0.25) is 0 Å². The number of thiocarbonyl (C=S) groups is 1. The second-order valence-electron chi connectivity index (χ2n) is 16.5. The Hall–Kier alpha value is -2.74. The Morgan fingerprint density at radius 2 is 1.53 bits per heavy atom. The van der Waals surface area contributed by atoms with Gasteiger partial charge in [-0.25, -0.2) is 0 Å². The number of rotatable bonds is 4. The lowest BCUT2D eigenvalue weighted by Crippen LogP contribution is -2.68. The van der Waals surface area contributed by atoms with Crippen LogP contribution >= 0.6 is 12.2 Å². The molecule has 0 radical (unpaired) electrons. The number of carbonyl (C=O) groups is 3. The average Bonchev–Trinajstić information content (AvgIpc) is 2.97. The van der Waals surface area contributed by atoms with Gasteiger partial charge >= 0.3 is 17.2 Å². The van der Waals surface area contributed by atoms with Crippen LogP contribution in [0.3, 0.4) is 0 Å². The zero-order valence-electron chi connectivity index (χ0n) is 27.5. The highest BCUT2D eigenvalue weighted by Crippen LogP contribution is 2.75. The van der Waals surface area contributed by atoms with E-state index in [0.29, 0.717) is 37.9 Å². The summed E-state index contributed by atoms with van der Waals surface area (Å²) in [5.74, 6) is -1.69. The van der Waals surface area contributed by atoms with Crippen molar-refractivity contribution in [2.24, 2.45) is 50.2 Å². The predicted octanol–water partition coefficient (Wildman–Crippen LogP) is 7.87. The Balaban J connectivity index is 1.35. The van der Waals surface area contributed by atoms with Crippen molar-refractivity contribution in [3.8, 4) is 5.75 Å². The normalized spacial score (nSPS) is 45.5. The molecule has 6 rings (SSSR count). The minimum absolute atomic E-state index is 0.0254. The molecule has 0 aromatic heterocycles. The second-order valence-corrected chi connectivity index (χ2v) is 16.8. The molecule has 1 aromatic carbocycles. The molecule has 0 saturated heterocycles. The van der Waals surface area contributed by atoms with Gasteiger partial charge in [0.25, 0.3) is 0 Å². The zero-order valence-corrected chi connectivity index (χ0v) is 28.3. The third kappa shape index (κ3) is 4.47. The highest BCUT2D eigenvalue weighted by atomic mass is 32.1. The minimum atomic E-state index is -1.28. The van der Waals surface area contributed by atoms with Crippen LogP contribution in [0, 0.1) is 50.2 Å². The molecule has 0 heterocycles. The molecule has 5 aliphatic rings. The Morgan fingerprint density at radius 3 is 2.18 bits per heavy atom. The Labute approximate surface area is 272 Å². The maximum absolute atomic E-state index is 14.6. The van der Waals surface area contributed by atoms with E-state index in [2.05, 4.69) is 27.7 Å².